The standard InChI is InChI=1S/C11H12N2O3/c14-9-8(10(15)13-11(16)12-9)6-7-4-2-1-3-5-7/h1-2,6-7H,3-5H2,(H2,12,13,14,15,16)/t7-/m0/s1. The van der Waals surface area contributed by atoms with Crippen LogP contribution in [0.1, 0.15) is 19.3 Å². The molecule has 0 aromatic rings. The van der Waals surface area contributed by atoms with Crippen LogP contribution in [0.25, 0.3) is 0 Å². The molecule has 1 aliphatic heterocycles. The van der Waals surface area contributed by atoms with Gasteiger partial charge in [-0.1, -0.05) is 18.2 Å². The van der Waals surface area contributed by atoms with E-state index in [0.717, 1.165) is 19.3 Å². The van der Waals surface area contributed by atoms with Crippen molar-refractivity contribution >= 4 is 17.8 Å². The van der Waals surface area contributed by atoms with Gasteiger partial charge in [-0.15, -0.1) is 0 Å². The molecule has 2 rings (SSSR count). The van der Waals surface area contributed by atoms with Crippen LogP contribution < -0.4 is 10.6 Å². The molecule has 1 saturated heterocycles. The normalized spacial score (nSPS) is 25.1. The van der Waals surface area contributed by atoms with E-state index in [1.54, 1.807) is 6.08 Å². The zero-order chi connectivity index (χ0) is 11.5. The third-order valence-electron chi connectivity index (χ3n) is 2.66. The lowest BCUT2D eigenvalue weighted by molar-refractivity contribution is -0.124. The summed E-state index contributed by atoms with van der Waals surface area (Å²) in [5.74, 6) is -1.02. The molecule has 0 radical (unpaired) electrons. The van der Waals surface area contributed by atoms with Crippen molar-refractivity contribution in [2.75, 3.05) is 0 Å². The Kier molecular flexibility index (Phi) is 2.85. The van der Waals surface area contributed by atoms with Gasteiger partial charge in [-0.2, -0.15) is 0 Å². The Labute approximate surface area is 92.6 Å². The number of allylic oxidation sites excluding steroid dienone is 3. The summed E-state index contributed by atoms with van der Waals surface area (Å²) in [6, 6.07) is -0.754. The van der Waals surface area contributed by atoms with E-state index in [9.17, 15) is 14.4 Å². The van der Waals surface area contributed by atoms with Crippen molar-refractivity contribution in [2.24, 2.45) is 5.92 Å². The molecular formula is C11H12N2O3. The molecule has 0 unspecified atom stereocenters. The molecule has 5 nitrogen and oxygen atoms in total. The van der Waals surface area contributed by atoms with Crippen LogP contribution in [0.2, 0.25) is 0 Å². The maximum absolute atomic E-state index is 11.4. The van der Waals surface area contributed by atoms with Gasteiger partial charge >= 0.3 is 6.03 Å². The largest absolute Gasteiger partial charge is 0.328 e. The molecule has 84 valence electrons. The Morgan fingerprint density at radius 1 is 1.12 bits per heavy atom. The topological polar surface area (TPSA) is 75.3 Å². The lowest BCUT2D eigenvalue weighted by atomic mass is 9.92. The lowest BCUT2D eigenvalue weighted by Gasteiger charge is -2.18. The smallest absolute Gasteiger partial charge is 0.273 e. The molecule has 0 saturated carbocycles. The van der Waals surface area contributed by atoms with Crippen LogP contribution >= 0.6 is 0 Å². The Morgan fingerprint density at radius 3 is 2.38 bits per heavy atom. The van der Waals surface area contributed by atoms with Crippen molar-refractivity contribution in [3.8, 4) is 0 Å². The maximum atomic E-state index is 11.4. The fourth-order valence-corrected chi connectivity index (χ4v) is 1.83. The van der Waals surface area contributed by atoms with Crippen molar-refractivity contribution in [1.82, 2.24) is 10.6 Å². The molecule has 1 heterocycles. The van der Waals surface area contributed by atoms with Gasteiger partial charge in [0.15, 0.2) is 0 Å². The molecule has 16 heavy (non-hydrogen) atoms. The number of urea groups is 1. The van der Waals surface area contributed by atoms with Gasteiger partial charge in [0, 0.05) is 0 Å². The van der Waals surface area contributed by atoms with Crippen molar-refractivity contribution in [3.63, 3.8) is 0 Å². The summed E-state index contributed by atoms with van der Waals surface area (Å²) in [6.07, 6.45) is 8.48. The first-order valence-corrected chi connectivity index (χ1v) is 5.20. The third-order valence-corrected chi connectivity index (χ3v) is 2.66. The fourth-order valence-electron chi connectivity index (χ4n) is 1.83. The number of carbonyl (C=O) groups excluding carboxylic acids is 3. The van der Waals surface area contributed by atoms with Gasteiger partial charge in [0.05, 0.1) is 0 Å². The molecular weight excluding hydrogens is 208 g/mol. The molecule has 2 N–H and O–H groups in total. The fraction of sp³-hybridized carbons (Fsp3) is 0.364. The minimum atomic E-state index is -0.754. The Morgan fingerprint density at radius 2 is 1.81 bits per heavy atom. The van der Waals surface area contributed by atoms with Gasteiger partial charge in [0.2, 0.25) is 0 Å². The highest BCUT2D eigenvalue weighted by Gasteiger charge is 2.28. The highest BCUT2D eigenvalue weighted by molar-refractivity contribution is 6.28. The second kappa shape index (κ2) is 4.30. The Hall–Kier alpha value is -1.91. The molecule has 0 aromatic heterocycles. The first-order chi connectivity index (χ1) is 7.66. The Balaban J connectivity index is 2.15. The quantitative estimate of drug-likeness (QED) is 0.386. The number of hydrogen-bond acceptors (Lipinski definition) is 3. The molecule has 0 spiro atoms. The van der Waals surface area contributed by atoms with Gasteiger partial charge in [-0.25, -0.2) is 4.79 Å². The van der Waals surface area contributed by atoms with Crippen LogP contribution in [0.3, 0.4) is 0 Å². The van der Waals surface area contributed by atoms with Crippen LogP contribution in [0.4, 0.5) is 4.79 Å². The molecule has 1 atom stereocenters. The zero-order valence-corrected chi connectivity index (χ0v) is 8.66. The van der Waals surface area contributed by atoms with E-state index < -0.39 is 17.8 Å². The molecule has 1 aliphatic carbocycles. The summed E-state index contributed by atoms with van der Waals surface area (Å²) in [5.41, 5.74) is 0.0416. The predicted octanol–water partition coefficient (Wildman–Crippen LogP) is 0.635. The number of rotatable bonds is 1. The van der Waals surface area contributed by atoms with Crippen molar-refractivity contribution in [3.05, 3.63) is 23.8 Å². The first kappa shape index (κ1) is 10.6. The molecule has 0 bridgehead atoms. The van der Waals surface area contributed by atoms with Crippen LogP contribution in [0.15, 0.2) is 23.8 Å². The summed E-state index contributed by atoms with van der Waals surface area (Å²) in [7, 11) is 0. The van der Waals surface area contributed by atoms with E-state index in [1.807, 2.05) is 6.08 Å². The summed E-state index contributed by atoms with van der Waals surface area (Å²) in [5, 5.41) is 4.11. The van der Waals surface area contributed by atoms with E-state index in [0.29, 0.717) is 0 Å². The van der Waals surface area contributed by atoms with Crippen molar-refractivity contribution < 1.29 is 14.4 Å². The van der Waals surface area contributed by atoms with Crippen molar-refractivity contribution in [2.45, 2.75) is 19.3 Å². The van der Waals surface area contributed by atoms with Crippen LogP contribution in [0, 0.1) is 5.92 Å². The first-order valence-electron chi connectivity index (χ1n) is 5.20. The van der Waals surface area contributed by atoms with Crippen LogP contribution in [-0.2, 0) is 9.59 Å². The van der Waals surface area contributed by atoms with Crippen molar-refractivity contribution in [1.29, 1.82) is 0 Å². The Bertz CT molecular complexity index is 387. The van der Waals surface area contributed by atoms with E-state index in [1.165, 1.54) is 0 Å². The summed E-state index contributed by atoms with van der Waals surface area (Å²) >= 11 is 0. The van der Waals surface area contributed by atoms with Gasteiger partial charge in [0.1, 0.15) is 5.57 Å². The average molecular weight is 220 g/mol. The lowest BCUT2D eigenvalue weighted by Crippen LogP contribution is -2.51. The predicted molar refractivity (Wildman–Crippen MR) is 56.2 cm³/mol. The van der Waals surface area contributed by atoms with Gasteiger partial charge in [-0.05, 0) is 25.2 Å². The number of carbonyl (C=O) groups is 3. The molecule has 0 aromatic carbocycles. The molecule has 1 fully saturated rings. The van der Waals surface area contributed by atoms with Crippen LogP contribution in [0.5, 0.6) is 0 Å². The third kappa shape index (κ3) is 2.18. The number of amides is 4. The second-order valence-electron chi connectivity index (χ2n) is 3.86. The number of barbiturate groups is 1. The van der Waals surface area contributed by atoms with Gasteiger partial charge in [0.25, 0.3) is 11.8 Å². The summed E-state index contributed by atoms with van der Waals surface area (Å²) in [6.45, 7) is 0. The van der Waals surface area contributed by atoms with E-state index in [4.69, 9.17) is 0 Å². The van der Waals surface area contributed by atoms with Gasteiger partial charge in [-0.3, -0.25) is 20.2 Å². The summed E-state index contributed by atoms with van der Waals surface area (Å²) in [4.78, 5) is 33.6. The minimum absolute atomic E-state index is 0.0416. The molecule has 4 amide bonds. The molecule has 2 aliphatic rings. The SMILES string of the molecule is O=C1NC(=O)C(=C[C@H]2CC=CCC2)C(=O)N1. The van der Waals surface area contributed by atoms with E-state index in [-0.39, 0.29) is 11.5 Å². The number of nitrogens with one attached hydrogen (secondary N) is 2. The zero-order valence-electron chi connectivity index (χ0n) is 8.66. The minimum Gasteiger partial charge on any atom is -0.273 e. The van der Waals surface area contributed by atoms with Gasteiger partial charge < -0.3 is 0 Å². The van der Waals surface area contributed by atoms with Crippen LogP contribution in [-0.4, -0.2) is 17.8 Å². The summed E-state index contributed by atoms with van der Waals surface area (Å²) < 4.78 is 0. The number of hydrogen-bond donors (Lipinski definition) is 2. The van der Waals surface area contributed by atoms with E-state index in [2.05, 4.69) is 16.7 Å². The maximum Gasteiger partial charge on any atom is 0.328 e. The molecule has 5 heteroatoms. The highest BCUT2D eigenvalue weighted by Crippen LogP contribution is 2.21. The highest BCUT2D eigenvalue weighted by atomic mass is 16.2. The monoisotopic (exact) mass is 220 g/mol. The van der Waals surface area contributed by atoms with E-state index >= 15 is 0 Å². The average Bonchev–Trinajstić information content (AvgIpc) is 2.25. The second-order valence-corrected chi connectivity index (χ2v) is 3.86. The number of imide groups is 2.